The summed E-state index contributed by atoms with van der Waals surface area (Å²) in [5.41, 5.74) is 2.80. The minimum Gasteiger partial charge on any atom is -0.497 e. The number of benzene rings is 2. The predicted molar refractivity (Wildman–Crippen MR) is 98.4 cm³/mol. The van der Waals surface area contributed by atoms with Gasteiger partial charge in [0.1, 0.15) is 5.75 Å². The zero-order valence-corrected chi connectivity index (χ0v) is 14.4. The van der Waals surface area contributed by atoms with E-state index in [0.717, 1.165) is 17.7 Å². The van der Waals surface area contributed by atoms with Crippen molar-refractivity contribution in [3.8, 4) is 23.0 Å². The van der Waals surface area contributed by atoms with Crippen molar-refractivity contribution in [1.29, 1.82) is 0 Å². The highest BCUT2D eigenvalue weighted by Gasteiger charge is 2.13. The van der Waals surface area contributed by atoms with Crippen molar-refractivity contribution in [2.75, 3.05) is 13.7 Å². The van der Waals surface area contributed by atoms with E-state index in [0.29, 0.717) is 24.0 Å². The lowest BCUT2D eigenvalue weighted by molar-refractivity contribution is 0.304. The Labute approximate surface area is 151 Å². The van der Waals surface area contributed by atoms with Crippen molar-refractivity contribution in [2.45, 2.75) is 6.42 Å². The maximum Gasteiger partial charge on any atom is 0.220 e. The van der Waals surface area contributed by atoms with Crippen LogP contribution < -0.4 is 9.47 Å². The Kier molecular flexibility index (Phi) is 4.47. The third kappa shape index (κ3) is 3.21. The molecule has 0 aliphatic carbocycles. The number of aromatic nitrogens is 4. The standard InChI is InChI=1S/C20H18N4O2/c1-25-17-9-7-16(8-10-17)20-23-22-18-13-21-14-19(24(18)20)26-12-11-15-5-3-2-4-6-15/h2-10,13-14H,11-12H2,1H3. The van der Waals surface area contributed by atoms with Crippen LogP contribution in [0.1, 0.15) is 5.56 Å². The minimum absolute atomic E-state index is 0.547. The van der Waals surface area contributed by atoms with E-state index >= 15 is 0 Å². The van der Waals surface area contributed by atoms with Gasteiger partial charge in [0.05, 0.1) is 26.1 Å². The molecule has 0 amide bonds. The van der Waals surface area contributed by atoms with E-state index in [2.05, 4.69) is 27.3 Å². The van der Waals surface area contributed by atoms with E-state index in [1.807, 2.05) is 46.9 Å². The molecule has 2 aromatic heterocycles. The fourth-order valence-electron chi connectivity index (χ4n) is 2.77. The Balaban J connectivity index is 1.61. The van der Waals surface area contributed by atoms with Gasteiger partial charge >= 0.3 is 0 Å². The van der Waals surface area contributed by atoms with Crippen LogP contribution in [0.5, 0.6) is 11.6 Å². The van der Waals surface area contributed by atoms with Crippen molar-refractivity contribution in [1.82, 2.24) is 19.6 Å². The molecule has 130 valence electrons. The molecule has 6 heteroatoms. The fraction of sp³-hybridized carbons (Fsp3) is 0.150. The van der Waals surface area contributed by atoms with Crippen molar-refractivity contribution in [3.05, 3.63) is 72.6 Å². The molecule has 0 N–H and O–H groups in total. The van der Waals surface area contributed by atoms with Crippen molar-refractivity contribution < 1.29 is 9.47 Å². The second kappa shape index (κ2) is 7.23. The maximum atomic E-state index is 5.98. The molecule has 0 spiro atoms. The lowest BCUT2D eigenvalue weighted by Gasteiger charge is -2.09. The first kappa shape index (κ1) is 16.1. The predicted octanol–water partition coefficient (Wildman–Crippen LogP) is 3.42. The van der Waals surface area contributed by atoms with Gasteiger partial charge in [0, 0.05) is 12.0 Å². The first-order chi connectivity index (χ1) is 12.8. The summed E-state index contributed by atoms with van der Waals surface area (Å²) in [6.45, 7) is 0.547. The molecule has 0 unspecified atom stereocenters. The molecule has 0 atom stereocenters. The Morgan fingerprint density at radius 1 is 0.923 bits per heavy atom. The number of nitrogens with zero attached hydrogens (tertiary/aromatic N) is 4. The average molecular weight is 346 g/mol. The second-order valence-corrected chi connectivity index (χ2v) is 5.78. The number of hydrogen-bond donors (Lipinski definition) is 0. The molecule has 0 radical (unpaired) electrons. The molecule has 2 aromatic carbocycles. The van der Waals surface area contributed by atoms with Crippen molar-refractivity contribution in [2.24, 2.45) is 0 Å². The first-order valence-electron chi connectivity index (χ1n) is 8.35. The van der Waals surface area contributed by atoms with Gasteiger partial charge < -0.3 is 9.47 Å². The Hall–Kier alpha value is -3.41. The van der Waals surface area contributed by atoms with Gasteiger partial charge in [0.15, 0.2) is 11.5 Å². The largest absolute Gasteiger partial charge is 0.497 e. The number of rotatable bonds is 6. The normalized spacial score (nSPS) is 10.8. The van der Waals surface area contributed by atoms with Gasteiger partial charge in [-0.2, -0.15) is 0 Å². The highest BCUT2D eigenvalue weighted by Crippen LogP contribution is 2.24. The van der Waals surface area contributed by atoms with Gasteiger partial charge in [0.2, 0.25) is 5.88 Å². The Bertz CT molecular complexity index is 997. The number of methoxy groups -OCH3 is 1. The minimum atomic E-state index is 0.547. The molecule has 0 fully saturated rings. The molecule has 0 saturated carbocycles. The van der Waals surface area contributed by atoms with Gasteiger partial charge in [-0.1, -0.05) is 30.3 Å². The highest BCUT2D eigenvalue weighted by atomic mass is 16.5. The average Bonchev–Trinajstić information content (AvgIpc) is 3.14. The summed E-state index contributed by atoms with van der Waals surface area (Å²) in [7, 11) is 1.64. The summed E-state index contributed by atoms with van der Waals surface area (Å²) in [6.07, 6.45) is 4.18. The molecule has 0 bridgehead atoms. The lowest BCUT2D eigenvalue weighted by Crippen LogP contribution is -2.06. The molecule has 0 saturated heterocycles. The van der Waals surface area contributed by atoms with Crippen molar-refractivity contribution in [3.63, 3.8) is 0 Å². The van der Waals surface area contributed by atoms with Gasteiger partial charge in [-0.3, -0.25) is 4.98 Å². The van der Waals surface area contributed by atoms with Crippen LogP contribution in [0.15, 0.2) is 67.0 Å². The van der Waals surface area contributed by atoms with Crippen LogP contribution in [0.2, 0.25) is 0 Å². The zero-order chi connectivity index (χ0) is 17.8. The lowest BCUT2D eigenvalue weighted by atomic mass is 10.2. The van der Waals surface area contributed by atoms with Crippen LogP contribution in [0.25, 0.3) is 17.0 Å². The Morgan fingerprint density at radius 3 is 2.50 bits per heavy atom. The molecule has 0 aliphatic rings. The van der Waals surface area contributed by atoms with E-state index in [9.17, 15) is 0 Å². The summed E-state index contributed by atoms with van der Waals surface area (Å²) < 4.78 is 13.1. The van der Waals surface area contributed by atoms with Crippen LogP contribution in [-0.2, 0) is 6.42 Å². The smallest absolute Gasteiger partial charge is 0.220 e. The first-order valence-corrected chi connectivity index (χ1v) is 8.35. The summed E-state index contributed by atoms with van der Waals surface area (Å²) >= 11 is 0. The van der Waals surface area contributed by atoms with Gasteiger partial charge in [0.25, 0.3) is 0 Å². The van der Waals surface area contributed by atoms with Crippen molar-refractivity contribution >= 4 is 5.65 Å². The van der Waals surface area contributed by atoms with E-state index in [1.165, 1.54) is 5.56 Å². The third-order valence-electron chi connectivity index (χ3n) is 4.12. The zero-order valence-electron chi connectivity index (χ0n) is 14.4. The molecule has 0 aliphatic heterocycles. The molecular weight excluding hydrogens is 328 g/mol. The molecule has 4 rings (SSSR count). The molecule has 4 aromatic rings. The molecule has 26 heavy (non-hydrogen) atoms. The van der Waals surface area contributed by atoms with Crippen LogP contribution in [0.3, 0.4) is 0 Å². The maximum absolute atomic E-state index is 5.98. The quantitative estimate of drug-likeness (QED) is 0.535. The van der Waals surface area contributed by atoms with E-state index in [-0.39, 0.29) is 0 Å². The fourth-order valence-corrected chi connectivity index (χ4v) is 2.77. The molecular formula is C20H18N4O2. The van der Waals surface area contributed by atoms with E-state index in [1.54, 1.807) is 19.5 Å². The van der Waals surface area contributed by atoms with Crippen LogP contribution >= 0.6 is 0 Å². The molecule has 6 nitrogen and oxygen atoms in total. The second-order valence-electron chi connectivity index (χ2n) is 5.78. The van der Waals surface area contributed by atoms with E-state index in [4.69, 9.17) is 9.47 Å². The topological polar surface area (TPSA) is 61.5 Å². The third-order valence-corrected chi connectivity index (χ3v) is 4.12. The SMILES string of the molecule is COc1ccc(-c2nnc3cncc(OCCc4ccccc4)n23)cc1. The van der Waals surface area contributed by atoms with Crippen LogP contribution in [0, 0.1) is 0 Å². The number of hydrogen-bond acceptors (Lipinski definition) is 5. The van der Waals surface area contributed by atoms with Crippen LogP contribution in [-0.4, -0.2) is 33.3 Å². The summed E-state index contributed by atoms with van der Waals surface area (Å²) in [5.74, 6) is 2.12. The van der Waals surface area contributed by atoms with Crippen LogP contribution in [0.4, 0.5) is 0 Å². The number of ether oxygens (including phenoxy) is 2. The van der Waals surface area contributed by atoms with Gasteiger partial charge in [-0.05, 0) is 29.8 Å². The summed E-state index contributed by atoms with van der Waals surface area (Å²) in [4.78, 5) is 4.20. The summed E-state index contributed by atoms with van der Waals surface area (Å²) in [6, 6.07) is 17.9. The molecule has 2 heterocycles. The Morgan fingerprint density at radius 2 is 1.73 bits per heavy atom. The number of fused-ring (bicyclic) bond motifs is 1. The van der Waals surface area contributed by atoms with Gasteiger partial charge in [-0.15, -0.1) is 10.2 Å². The summed E-state index contributed by atoms with van der Waals surface area (Å²) in [5, 5.41) is 8.50. The monoisotopic (exact) mass is 346 g/mol. The van der Waals surface area contributed by atoms with Gasteiger partial charge in [-0.25, -0.2) is 4.40 Å². The van der Waals surface area contributed by atoms with E-state index < -0.39 is 0 Å². The highest BCUT2D eigenvalue weighted by molar-refractivity contribution is 5.61.